The average Bonchev–Trinajstić information content (AvgIpc) is 3.63. The smallest absolute Gasteiger partial charge is 0 e. The largest absolute Gasteiger partial charge is 0 e. The second-order valence-electron chi connectivity index (χ2n) is 5.67. The maximum absolute atomic E-state index is 7.50. The first-order chi connectivity index (χ1) is 14.0. The van der Waals surface area contributed by atoms with Crippen molar-refractivity contribution >= 4 is 13.5 Å². The number of allylic oxidation sites excluding steroid dienone is 4. The summed E-state index contributed by atoms with van der Waals surface area (Å²) < 4.78 is 42.4. The van der Waals surface area contributed by atoms with Crippen LogP contribution in [0, 0.1) is 33.3 Å². The molecule has 0 bridgehead atoms. The SMILES string of the molecule is CC1=C(C)C(C)(P2N=C2c2ccccc2)C(C)=C1C.[C-]#[O+].[C-]#[O+].[C-]#[O+].[C-]#[O+].[C-]#[O+].[W]. The van der Waals surface area contributed by atoms with Crippen molar-refractivity contribution in [2.75, 3.05) is 0 Å². The minimum atomic E-state index is -0.379. The van der Waals surface area contributed by atoms with Gasteiger partial charge in [-0.2, -0.15) is 0 Å². The molecule has 2 aliphatic rings. The number of hydrogen-bond acceptors (Lipinski definition) is 1. The molecular formula is C22H20NO5PW. The molecule has 8 heteroatoms. The fourth-order valence-electron chi connectivity index (χ4n) is 3.04. The molecule has 0 N–H and O–H groups in total. The van der Waals surface area contributed by atoms with Crippen molar-refractivity contribution in [3.05, 3.63) is 91.4 Å². The molecule has 0 radical (unpaired) electrons. The van der Waals surface area contributed by atoms with Gasteiger partial charge in [-0.3, -0.25) is 4.76 Å². The minimum absolute atomic E-state index is 0. The van der Waals surface area contributed by atoms with Gasteiger partial charge in [0.1, 0.15) is 0 Å². The van der Waals surface area contributed by atoms with Crippen LogP contribution in [0.3, 0.4) is 0 Å². The van der Waals surface area contributed by atoms with Crippen LogP contribution in [0.1, 0.15) is 40.2 Å². The molecule has 1 unspecified atom stereocenters. The van der Waals surface area contributed by atoms with Crippen LogP contribution in [-0.2, 0) is 44.3 Å². The zero-order chi connectivity index (χ0) is 23.8. The van der Waals surface area contributed by atoms with Crippen LogP contribution in [0.2, 0.25) is 0 Å². The summed E-state index contributed by atoms with van der Waals surface area (Å²) in [5, 5.41) is 0.161. The molecule has 0 aromatic heterocycles. The van der Waals surface area contributed by atoms with Gasteiger partial charge < -0.3 is 0 Å². The Hall–Kier alpha value is -1.81. The minimum Gasteiger partial charge on any atom is 0 e. The van der Waals surface area contributed by atoms with E-state index in [1.807, 2.05) is 0 Å². The maximum Gasteiger partial charge on any atom is 0 e. The summed E-state index contributed by atoms with van der Waals surface area (Å²) in [6.45, 7) is 34.0. The third-order valence-corrected chi connectivity index (χ3v) is 7.45. The zero-order valence-electron chi connectivity index (χ0n) is 17.2. The van der Waals surface area contributed by atoms with Gasteiger partial charge >= 0.3 is 56.5 Å². The zero-order valence-corrected chi connectivity index (χ0v) is 21.1. The monoisotopic (exact) mass is 593 g/mol. The number of benzene rings is 1. The van der Waals surface area contributed by atoms with Gasteiger partial charge in [-0.05, 0) is 45.8 Å². The van der Waals surface area contributed by atoms with Crippen molar-refractivity contribution in [1.82, 2.24) is 0 Å². The van der Waals surface area contributed by atoms with E-state index >= 15 is 0 Å². The summed E-state index contributed by atoms with van der Waals surface area (Å²) in [6, 6.07) is 10.6. The molecule has 1 aromatic rings. The summed E-state index contributed by atoms with van der Waals surface area (Å²) >= 11 is 0. The summed E-state index contributed by atoms with van der Waals surface area (Å²) in [5.74, 6) is 0. The van der Waals surface area contributed by atoms with E-state index in [2.05, 4.69) is 98.2 Å². The molecular weight excluding hydrogens is 573 g/mol. The summed E-state index contributed by atoms with van der Waals surface area (Å²) in [7, 11) is -0.379. The summed E-state index contributed by atoms with van der Waals surface area (Å²) in [6.07, 6.45) is 0. The van der Waals surface area contributed by atoms with Crippen LogP contribution in [0.25, 0.3) is 0 Å². The van der Waals surface area contributed by atoms with E-state index in [1.54, 1.807) is 0 Å². The Balaban J connectivity index is -0.000000271. The van der Waals surface area contributed by atoms with E-state index in [9.17, 15) is 0 Å². The summed E-state index contributed by atoms with van der Waals surface area (Å²) in [4.78, 5) is 0. The van der Waals surface area contributed by atoms with Gasteiger partial charge in [0.15, 0.2) is 0 Å². The second kappa shape index (κ2) is 19.2. The van der Waals surface area contributed by atoms with Gasteiger partial charge in [0.25, 0.3) is 0 Å². The molecule has 0 amide bonds. The third kappa shape index (κ3) is 7.79. The van der Waals surface area contributed by atoms with Gasteiger partial charge in [0.2, 0.25) is 0 Å². The molecule has 6 nitrogen and oxygen atoms in total. The van der Waals surface area contributed by atoms with Crippen molar-refractivity contribution in [3.63, 3.8) is 0 Å². The van der Waals surface area contributed by atoms with Crippen LogP contribution < -0.4 is 0 Å². The Morgan fingerprint density at radius 2 is 1.03 bits per heavy atom. The Morgan fingerprint density at radius 3 is 1.37 bits per heavy atom. The van der Waals surface area contributed by atoms with Gasteiger partial charge in [-0.15, -0.1) is 0 Å². The molecule has 3 rings (SSSR count). The summed E-state index contributed by atoms with van der Waals surface area (Å²) in [5.41, 5.74) is 8.61. The van der Waals surface area contributed by atoms with E-state index in [1.165, 1.54) is 33.3 Å². The Morgan fingerprint density at radius 1 is 0.700 bits per heavy atom. The van der Waals surface area contributed by atoms with Crippen LogP contribution in [0.4, 0.5) is 0 Å². The van der Waals surface area contributed by atoms with Crippen LogP contribution in [0.5, 0.6) is 0 Å². The molecule has 1 aliphatic heterocycles. The molecule has 154 valence electrons. The third-order valence-electron chi connectivity index (χ3n) is 4.96. The number of hydrogen-bond donors (Lipinski definition) is 0. The quantitative estimate of drug-likeness (QED) is 0.258. The standard InChI is InChI=1S/C17H20NP.5CO.W/c1-11-12(2)14(4)17(5,13(11)3)19-16(18-19)15-9-7-6-8-10-15;5*1-2;/h6-10H,1-5H3;;;;;;. The molecule has 0 fully saturated rings. The van der Waals surface area contributed by atoms with Gasteiger partial charge in [-0.25, -0.2) is 0 Å². The number of rotatable bonds is 2. The number of nitrogens with zero attached hydrogens (tertiary/aromatic N) is 1. The topological polar surface area (TPSA) is 112 Å². The molecule has 1 aliphatic carbocycles. The van der Waals surface area contributed by atoms with E-state index in [-0.39, 0.29) is 34.3 Å². The van der Waals surface area contributed by atoms with Crippen molar-refractivity contribution in [3.8, 4) is 0 Å². The van der Waals surface area contributed by atoms with Crippen molar-refractivity contribution < 1.29 is 44.3 Å². The van der Waals surface area contributed by atoms with E-state index in [0.717, 1.165) is 0 Å². The molecule has 30 heavy (non-hydrogen) atoms. The average molecular weight is 593 g/mol. The normalized spacial score (nSPS) is 16.1. The maximum atomic E-state index is 7.50. The molecule has 0 saturated carbocycles. The predicted octanol–water partition coefficient (Wildman–Crippen LogP) is 5.10. The van der Waals surface area contributed by atoms with E-state index in [4.69, 9.17) is 28.0 Å². The van der Waals surface area contributed by atoms with E-state index < -0.39 is 0 Å². The Bertz CT molecular complexity index is 802. The molecule has 1 aromatic carbocycles. The van der Waals surface area contributed by atoms with Crippen molar-refractivity contribution in [1.29, 1.82) is 0 Å². The fraction of sp³-hybridized carbons (Fsp3) is 0.273. The van der Waals surface area contributed by atoms with Gasteiger partial charge in [0.05, 0.1) is 18.7 Å². The second-order valence-corrected chi connectivity index (χ2v) is 7.82. The Kier molecular flexibility index (Phi) is 22.8. The van der Waals surface area contributed by atoms with Gasteiger partial charge in [-0.1, -0.05) is 41.5 Å². The Labute approximate surface area is 193 Å². The first-order valence-corrected chi connectivity index (χ1v) is 9.10. The predicted molar refractivity (Wildman–Crippen MR) is 105 cm³/mol. The molecule has 0 spiro atoms. The van der Waals surface area contributed by atoms with E-state index in [0.29, 0.717) is 0 Å². The molecule has 0 saturated heterocycles. The first-order valence-electron chi connectivity index (χ1n) is 7.80. The van der Waals surface area contributed by atoms with Crippen molar-refractivity contribution in [2.24, 2.45) is 4.76 Å². The molecule has 1 heterocycles. The van der Waals surface area contributed by atoms with Crippen LogP contribution >= 0.6 is 8.07 Å². The van der Waals surface area contributed by atoms with Crippen LogP contribution in [0.15, 0.2) is 57.4 Å². The fourth-order valence-corrected chi connectivity index (χ4v) is 5.43. The molecule has 1 atom stereocenters. The van der Waals surface area contributed by atoms with Gasteiger partial charge in [0, 0.05) is 26.6 Å². The van der Waals surface area contributed by atoms with Crippen LogP contribution in [-0.4, -0.2) is 10.6 Å². The van der Waals surface area contributed by atoms with Crippen molar-refractivity contribution in [2.45, 2.75) is 39.8 Å². The first kappa shape index (κ1) is 35.6.